The van der Waals surface area contributed by atoms with Crippen molar-refractivity contribution < 1.29 is 45.5 Å². The van der Waals surface area contributed by atoms with E-state index in [9.17, 15) is 45.5 Å². The number of hydrogen-bond donors (Lipinski definition) is 2. The van der Waals surface area contributed by atoms with E-state index in [1.54, 1.807) is 5.32 Å². The highest BCUT2D eigenvalue weighted by atomic mass is 19.4. The van der Waals surface area contributed by atoms with Crippen molar-refractivity contribution >= 4 is 34.8 Å². The van der Waals surface area contributed by atoms with Crippen LogP contribution in [0.3, 0.4) is 0 Å². The largest absolute Gasteiger partial charge is 0.413 e. The number of alkyl halides is 3. The smallest absolute Gasteiger partial charge is 0.405 e. The van der Waals surface area contributed by atoms with Crippen molar-refractivity contribution in [2.24, 2.45) is 0 Å². The Morgan fingerprint density at radius 1 is 1.15 bits per heavy atom. The Labute approximate surface area is 226 Å². The van der Waals surface area contributed by atoms with Gasteiger partial charge in [-0.2, -0.15) is 13.2 Å². The number of carbonyl (C=O) groups is 3. The van der Waals surface area contributed by atoms with E-state index in [0.717, 1.165) is 17.9 Å². The third-order valence-corrected chi connectivity index (χ3v) is 6.13. The first-order valence-electron chi connectivity index (χ1n) is 12.0. The third kappa shape index (κ3) is 6.10. The molecule has 1 fully saturated rings. The maximum Gasteiger partial charge on any atom is 0.413 e. The van der Waals surface area contributed by atoms with E-state index in [2.05, 4.69) is 10.3 Å². The Hall–Kier alpha value is -4.63. The average molecular weight is 585 g/mol. The van der Waals surface area contributed by atoms with Crippen molar-refractivity contribution in [2.45, 2.75) is 44.9 Å². The molecule has 0 bridgehead atoms. The summed E-state index contributed by atoms with van der Waals surface area (Å²) in [5.74, 6) is -6.04. The fourth-order valence-electron chi connectivity index (χ4n) is 4.33. The number of carbonyl (C=O) groups excluding carboxylic acids is 3. The molecule has 1 saturated heterocycles. The van der Waals surface area contributed by atoms with Gasteiger partial charge in [0.15, 0.2) is 23.0 Å². The van der Waals surface area contributed by atoms with E-state index >= 15 is 0 Å². The second-order valence-electron chi connectivity index (χ2n) is 9.09. The Balaban J connectivity index is 1.84. The summed E-state index contributed by atoms with van der Waals surface area (Å²) >= 11 is 0. The quantitative estimate of drug-likeness (QED) is 0.428. The number of anilines is 1. The molecular weight excluding hydrogens is 564 g/mol. The molecule has 16 heteroatoms. The van der Waals surface area contributed by atoms with Gasteiger partial charge in [0.2, 0.25) is 17.2 Å². The molecular formula is C25H21F6N5O5. The van der Waals surface area contributed by atoms with Crippen LogP contribution in [0.25, 0.3) is 16.7 Å². The number of rotatable bonds is 6. The van der Waals surface area contributed by atoms with E-state index < -0.39 is 82.0 Å². The molecule has 218 valence electrons. The Morgan fingerprint density at radius 3 is 2.39 bits per heavy atom. The van der Waals surface area contributed by atoms with Gasteiger partial charge in [-0.05, 0) is 18.6 Å². The summed E-state index contributed by atoms with van der Waals surface area (Å²) in [6, 6.07) is 0.0928. The van der Waals surface area contributed by atoms with E-state index in [0.29, 0.717) is 22.9 Å². The fraction of sp³-hybridized carbons (Fsp3) is 0.320. The molecule has 0 radical (unpaired) electrons. The molecule has 4 rings (SSSR count). The van der Waals surface area contributed by atoms with Crippen LogP contribution in [0, 0.1) is 17.5 Å². The summed E-state index contributed by atoms with van der Waals surface area (Å²) in [6.45, 7) is 2.39. The first kappa shape index (κ1) is 29.4. The number of pyridine rings is 2. The second kappa shape index (κ2) is 11.1. The number of nitrogens with zero attached hydrogens (tertiary/aromatic N) is 3. The van der Waals surface area contributed by atoms with Crippen LogP contribution in [0.4, 0.5) is 37.0 Å². The molecule has 3 aromatic rings. The minimum atomic E-state index is -4.83. The van der Waals surface area contributed by atoms with Crippen LogP contribution in [0.5, 0.6) is 5.75 Å². The molecule has 10 nitrogen and oxygen atoms in total. The Morgan fingerprint density at radius 2 is 1.80 bits per heavy atom. The molecule has 2 atom stereocenters. The zero-order chi connectivity index (χ0) is 30.2. The molecule has 41 heavy (non-hydrogen) atoms. The molecule has 1 aliphatic heterocycles. The van der Waals surface area contributed by atoms with Gasteiger partial charge in [-0.25, -0.2) is 22.9 Å². The zero-order valence-electron chi connectivity index (χ0n) is 21.3. The molecule has 3 heterocycles. The van der Waals surface area contributed by atoms with Gasteiger partial charge in [-0.15, -0.1) is 0 Å². The number of aromatic nitrogens is 2. The highest BCUT2D eigenvalue weighted by molar-refractivity contribution is 5.97. The molecule has 0 aliphatic carbocycles. The number of halogens is 6. The number of hydrogen-bond acceptors (Lipinski definition) is 6. The van der Waals surface area contributed by atoms with Crippen LogP contribution in [0.1, 0.15) is 26.7 Å². The molecule has 1 aliphatic rings. The van der Waals surface area contributed by atoms with Gasteiger partial charge in [-0.3, -0.25) is 23.9 Å². The monoisotopic (exact) mass is 585 g/mol. The van der Waals surface area contributed by atoms with E-state index in [1.165, 1.54) is 13.0 Å². The highest BCUT2D eigenvalue weighted by Crippen LogP contribution is 2.28. The number of nitrogens with one attached hydrogen (secondary N) is 2. The maximum absolute atomic E-state index is 14.8. The Kier molecular flexibility index (Phi) is 7.94. The standard InChI is InChI=1S/C25H21F6N5O5/c1-3-18(25(29,30)31)33-24(40)41-17-10-36(21-15(27)6-12(26)7-16(21)28)23-14(22(17)39)4-5-19(34-23)35-9-13(8-20(35)38)32-11(2)37/h4-7,10,13,18H,3,8-9H2,1-2H3,(H,32,37)(H,33,40)/t13-,18-/m0/s1. The van der Waals surface area contributed by atoms with Gasteiger partial charge in [0.05, 0.1) is 17.6 Å². The van der Waals surface area contributed by atoms with Crippen molar-refractivity contribution in [3.8, 4) is 11.4 Å². The van der Waals surface area contributed by atoms with Gasteiger partial charge >= 0.3 is 12.3 Å². The van der Waals surface area contributed by atoms with E-state index in [1.807, 2.05) is 0 Å². The lowest BCUT2D eigenvalue weighted by Gasteiger charge is -2.20. The lowest BCUT2D eigenvalue weighted by Crippen LogP contribution is -2.46. The summed E-state index contributed by atoms with van der Waals surface area (Å²) < 4.78 is 88.0. The summed E-state index contributed by atoms with van der Waals surface area (Å²) in [4.78, 5) is 54.7. The van der Waals surface area contributed by atoms with Crippen LogP contribution < -0.4 is 25.7 Å². The first-order valence-corrected chi connectivity index (χ1v) is 12.0. The molecule has 0 spiro atoms. The number of benzene rings is 1. The van der Waals surface area contributed by atoms with Crippen molar-refractivity contribution in [1.82, 2.24) is 20.2 Å². The zero-order valence-corrected chi connectivity index (χ0v) is 21.3. The fourth-order valence-corrected chi connectivity index (χ4v) is 4.33. The third-order valence-electron chi connectivity index (χ3n) is 6.13. The van der Waals surface area contributed by atoms with Crippen molar-refractivity contribution in [1.29, 1.82) is 0 Å². The number of fused-ring (bicyclic) bond motifs is 1. The van der Waals surface area contributed by atoms with Gasteiger partial charge < -0.3 is 15.4 Å². The van der Waals surface area contributed by atoms with Crippen LogP contribution in [-0.2, 0) is 9.59 Å². The molecule has 0 saturated carbocycles. The summed E-state index contributed by atoms with van der Waals surface area (Å²) in [5.41, 5.74) is -2.50. The van der Waals surface area contributed by atoms with Crippen molar-refractivity contribution in [3.63, 3.8) is 0 Å². The van der Waals surface area contributed by atoms with Crippen LogP contribution in [0.15, 0.2) is 35.3 Å². The van der Waals surface area contributed by atoms with Crippen molar-refractivity contribution in [3.05, 3.63) is 58.1 Å². The van der Waals surface area contributed by atoms with Gasteiger partial charge in [-0.1, -0.05) is 6.92 Å². The summed E-state index contributed by atoms with van der Waals surface area (Å²) in [7, 11) is 0. The number of ether oxygens (including phenoxy) is 1. The first-order chi connectivity index (χ1) is 19.2. The molecule has 0 unspecified atom stereocenters. The van der Waals surface area contributed by atoms with E-state index in [4.69, 9.17) is 4.74 Å². The number of amides is 3. The average Bonchev–Trinajstić information content (AvgIpc) is 3.22. The topological polar surface area (TPSA) is 123 Å². The lowest BCUT2D eigenvalue weighted by atomic mass is 10.2. The van der Waals surface area contributed by atoms with Crippen LogP contribution in [0.2, 0.25) is 0 Å². The van der Waals surface area contributed by atoms with Crippen LogP contribution in [-0.4, -0.2) is 52.3 Å². The van der Waals surface area contributed by atoms with Crippen molar-refractivity contribution in [2.75, 3.05) is 11.4 Å². The normalized spacial score (nSPS) is 16.1. The Bertz CT molecular complexity index is 1590. The predicted molar refractivity (Wildman–Crippen MR) is 131 cm³/mol. The SMILES string of the molecule is CC[C@H](NC(=O)Oc1cn(-c2c(F)cc(F)cc2F)c2nc(N3C[C@@H](NC(C)=O)CC3=O)ccc2c1=O)C(F)(F)F. The molecule has 3 amide bonds. The van der Waals surface area contributed by atoms with Gasteiger partial charge in [0, 0.05) is 32.0 Å². The highest BCUT2D eigenvalue weighted by Gasteiger charge is 2.40. The summed E-state index contributed by atoms with van der Waals surface area (Å²) in [6.07, 6.45) is -6.53. The van der Waals surface area contributed by atoms with Crippen LogP contribution >= 0.6 is 0 Å². The predicted octanol–water partition coefficient (Wildman–Crippen LogP) is 3.47. The van der Waals surface area contributed by atoms with Gasteiger partial charge in [0.1, 0.15) is 23.4 Å². The molecule has 2 aromatic heterocycles. The van der Waals surface area contributed by atoms with Gasteiger partial charge in [0.25, 0.3) is 0 Å². The minimum Gasteiger partial charge on any atom is -0.405 e. The summed E-state index contributed by atoms with van der Waals surface area (Å²) in [5, 5.41) is 3.74. The minimum absolute atomic E-state index is 0.0143. The second-order valence-corrected chi connectivity index (χ2v) is 9.09. The lowest BCUT2D eigenvalue weighted by molar-refractivity contribution is -0.154. The molecule has 2 N–H and O–H groups in total. The maximum atomic E-state index is 14.8. The van der Waals surface area contributed by atoms with E-state index in [-0.39, 0.29) is 24.7 Å². The molecule has 1 aromatic carbocycles.